The smallest absolute Gasteiger partial charge is 0.310 e. The summed E-state index contributed by atoms with van der Waals surface area (Å²) in [6.45, 7) is -0.534. The zero-order chi connectivity index (χ0) is 18.4. The summed E-state index contributed by atoms with van der Waals surface area (Å²) < 4.78 is 23.2. The predicted molar refractivity (Wildman–Crippen MR) is 89.1 cm³/mol. The lowest BCUT2D eigenvalue weighted by Crippen LogP contribution is -2.22. The first-order chi connectivity index (χ1) is 11.9. The van der Waals surface area contributed by atoms with Crippen LogP contribution in [0.15, 0.2) is 29.6 Å². The molecule has 0 bridgehead atoms. The van der Waals surface area contributed by atoms with Crippen LogP contribution >= 0.6 is 11.3 Å². The molecular formula is C16H15FN2O5S. The number of carbonyl (C=O) groups excluding carboxylic acids is 3. The molecule has 1 heterocycles. The Kier molecular flexibility index (Phi) is 6.07. The predicted octanol–water partition coefficient (Wildman–Crippen LogP) is 1.72. The molecule has 0 aliphatic carbocycles. The molecule has 1 aromatic carbocycles. The second-order valence-corrected chi connectivity index (χ2v) is 5.80. The molecule has 0 aliphatic rings. The van der Waals surface area contributed by atoms with Gasteiger partial charge in [-0.15, -0.1) is 11.3 Å². The van der Waals surface area contributed by atoms with Gasteiger partial charge in [0, 0.05) is 0 Å². The number of rotatable bonds is 7. The van der Waals surface area contributed by atoms with Gasteiger partial charge in [0.15, 0.2) is 18.2 Å². The number of thiophene rings is 1. The number of ether oxygens (including phenoxy) is 2. The zero-order valence-electron chi connectivity index (χ0n) is 13.2. The molecule has 25 heavy (non-hydrogen) atoms. The number of methoxy groups -OCH3 is 1. The molecule has 0 unspecified atom stereocenters. The summed E-state index contributed by atoms with van der Waals surface area (Å²) in [5.41, 5.74) is 5.73. The maximum atomic E-state index is 13.6. The molecule has 9 heteroatoms. The Morgan fingerprint density at radius 2 is 2.04 bits per heavy atom. The maximum Gasteiger partial charge on any atom is 0.310 e. The van der Waals surface area contributed by atoms with Gasteiger partial charge in [-0.1, -0.05) is 6.07 Å². The van der Waals surface area contributed by atoms with Crippen molar-refractivity contribution in [3.05, 3.63) is 46.6 Å². The van der Waals surface area contributed by atoms with Crippen molar-refractivity contribution in [3.63, 3.8) is 0 Å². The third kappa shape index (κ3) is 5.01. The largest absolute Gasteiger partial charge is 0.494 e. The number of anilines is 1. The van der Waals surface area contributed by atoms with Crippen LogP contribution in [0.25, 0.3) is 0 Å². The number of nitrogens with two attached hydrogens (primary N) is 1. The van der Waals surface area contributed by atoms with Gasteiger partial charge in [0.25, 0.3) is 11.8 Å². The highest BCUT2D eigenvalue weighted by atomic mass is 32.1. The molecule has 3 N–H and O–H groups in total. The highest BCUT2D eigenvalue weighted by molar-refractivity contribution is 7.14. The molecule has 2 rings (SSSR count). The molecular weight excluding hydrogens is 351 g/mol. The Bertz CT molecular complexity index is 806. The normalized spacial score (nSPS) is 10.2. The van der Waals surface area contributed by atoms with E-state index in [1.54, 1.807) is 5.38 Å². The van der Waals surface area contributed by atoms with Crippen LogP contribution in [0.3, 0.4) is 0 Å². The number of hydrogen-bond acceptors (Lipinski definition) is 6. The average molecular weight is 366 g/mol. The van der Waals surface area contributed by atoms with Crippen LogP contribution in [-0.4, -0.2) is 31.5 Å². The van der Waals surface area contributed by atoms with Gasteiger partial charge in [0.1, 0.15) is 5.00 Å². The number of nitrogens with one attached hydrogen (secondary N) is 1. The number of benzene rings is 1. The molecule has 7 nitrogen and oxygen atoms in total. The van der Waals surface area contributed by atoms with Gasteiger partial charge in [0.2, 0.25) is 0 Å². The van der Waals surface area contributed by atoms with Crippen molar-refractivity contribution >= 4 is 34.1 Å². The number of primary amides is 1. The van der Waals surface area contributed by atoms with E-state index in [-0.39, 0.29) is 22.7 Å². The SMILES string of the molecule is COc1ccc(CC(=O)OCC(=O)Nc2sccc2C(N)=O)cc1F. The van der Waals surface area contributed by atoms with Crippen LogP contribution in [-0.2, 0) is 20.7 Å². The third-order valence-corrected chi connectivity index (χ3v) is 3.94. The van der Waals surface area contributed by atoms with Gasteiger partial charge >= 0.3 is 5.97 Å². The minimum Gasteiger partial charge on any atom is -0.494 e. The second kappa shape index (κ2) is 8.25. The quantitative estimate of drug-likeness (QED) is 0.726. The Morgan fingerprint density at radius 3 is 2.68 bits per heavy atom. The van der Waals surface area contributed by atoms with Crippen LogP contribution in [0.1, 0.15) is 15.9 Å². The van der Waals surface area contributed by atoms with Crippen molar-refractivity contribution in [1.82, 2.24) is 0 Å². The number of amides is 2. The monoisotopic (exact) mass is 366 g/mol. The average Bonchev–Trinajstić information content (AvgIpc) is 3.01. The van der Waals surface area contributed by atoms with Gasteiger partial charge in [-0.3, -0.25) is 14.4 Å². The molecule has 1 aromatic heterocycles. The van der Waals surface area contributed by atoms with E-state index in [1.807, 2.05) is 0 Å². The van der Waals surface area contributed by atoms with Crippen molar-refractivity contribution in [2.45, 2.75) is 6.42 Å². The van der Waals surface area contributed by atoms with Crippen LogP contribution in [0, 0.1) is 5.82 Å². The van der Waals surface area contributed by atoms with Gasteiger partial charge in [-0.2, -0.15) is 0 Å². The Labute approximate surface area is 146 Å². The molecule has 2 amide bonds. The van der Waals surface area contributed by atoms with Crippen molar-refractivity contribution < 1.29 is 28.2 Å². The standard InChI is InChI=1S/C16H15FN2O5S/c1-23-12-3-2-9(6-11(12)17)7-14(21)24-8-13(20)19-16-10(15(18)22)4-5-25-16/h2-6H,7-8H2,1H3,(H2,18,22)(H,19,20). The molecule has 0 fully saturated rings. The second-order valence-electron chi connectivity index (χ2n) is 4.88. The van der Waals surface area contributed by atoms with Crippen LogP contribution in [0.5, 0.6) is 5.75 Å². The Hall–Kier alpha value is -2.94. The number of esters is 1. The molecule has 132 valence electrons. The Balaban J connectivity index is 1.85. The van der Waals surface area contributed by atoms with E-state index in [4.69, 9.17) is 15.2 Å². The fourth-order valence-electron chi connectivity index (χ4n) is 1.95. The summed E-state index contributed by atoms with van der Waals surface area (Å²) in [6, 6.07) is 5.55. The summed E-state index contributed by atoms with van der Waals surface area (Å²) in [6.07, 6.45) is -0.195. The third-order valence-electron chi connectivity index (χ3n) is 3.11. The van der Waals surface area contributed by atoms with E-state index in [1.165, 1.54) is 25.3 Å². The highest BCUT2D eigenvalue weighted by Gasteiger charge is 2.14. The molecule has 0 saturated carbocycles. The summed E-state index contributed by atoms with van der Waals surface area (Å²) in [4.78, 5) is 34.7. The van der Waals surface area contributed by atoms with Crippen molar-refractivity contribution in [2.24, 2.45) is 5.73 Å². The summed E-state index contributed by atoms with van der Waals surface area (Å²) in [5.74, 6) is -2.50. The first-order valence-corrected chi connectivity index (χ1v) is 7.94. The first kappa shape index (κ1) is 18.4. The molecule has 0 atom stereocenters. The minimum atomic E-state index is -0.693. The van der Waals surface area contributed by atoms with Crippen LogP contribution in [0.2, 0.25) is 0 Å². The number of halogens is 1. The van der Waals surface area contributed by atoms with E-state index < -0.39 is 30.2 Å². The van der Waals surface area contributed by atoms with Crippen LogP contribution < -0.4 is 15.8 Å². The van der Waals surface area contributed by atoms with Gasteiger partial charge < -0.3 is 20.5 Å². The first-order valence-electron chi connectivity index (χ1n) is 7.06. The number of carbonyl (C=O) groups is 3. The molecule has 2 aromatic rings. The van der Waals surface area contributed by atoms with Crippen molar-refractivity contribution in [3.8, 4) is 5.75 Å². The molecule has 0 radical (unpaired) electrons. The van der Waals surface area contributed by atoms with E-state index >= 15 is 0 Å². The van der Waals surface area contributed by atoms with E-state index in [0.717, 1.165) is 17.4 Å². The zero-order valence-corrected chi connectivity index (χ0v) is 14.0. The highest BCUT2D eigenvalue weighted by Crippen LogP contribution is 2.22. The van der Waals surface area contributed by atoms with E-state index in [2.05, 4.69) is 5.32 Å². The molecule has 0 spiro atoms. The van der Waals surface area contributed by atoms with E-state index in [9.17, 15) is 18.8 Å². The lowest BCUT2D eigenvalue weighted by atomic mass is 10.1. The fraction of sp³-hybridized carbons (Fsp3) is 0.188. The van der Waals surface area contributed by atoms with Crippen molar-refractivity contribution in [1.29, 1.82) is 0 Å². The summed E-state index contributed by atoms with van der Waals surface area (Å²) in [5, 5.41) is 4.32. The summed E-state index contributed by atoms with van der Waals surface area (Å²) >= 11 is 1.12. The lowest BCUT2D eigenvalue weighted by Gasteiger charge is -2.07. The lowest BCUT2D eigenvalue weighted by molar-refractivity contribution is -0.146. The summed E-state index contributed by atoms with van der Waals surface area (Å²) in [7, 11) is 1.34. The fourth-order valence-corrected chi connectivity index (χ4v) is 2.75. The van der Waals surface area contributed by atoms with Crippen LogP contribution in [0.4, 0.5) is 9.39 Å². The van der Waals surface area contributed by atoms with Gasteiger partial charge in [-0.25, -0.2) is 4.39 Å². The molecule has 0 saturated heterocycles. The van der Waals surface area contributed by atoms with E-state index in [0.29, 0.717) is 5.56 Å². The number of hydrogen-bond donors (Lipinski definition) is 2. The van der Waals surface area contributed by atoms with Gasteiger partial charge in [-0.05, 0) is 29.1 Å². The maximum absolute atomic E-state index is 13.6. The van der Waals surface area contributed by atoms with Crippen molar-refractivity contribution in [2.75, 3.05) is 19.0 Å². The Morgan fingerprint density at radius 1 is 1.28 bits per heavy atom. The molecule has 0 aliphatic heterocycles. The van der Waals surface area contributed by atoms with Gasteiger partial charge in [0.05, 0.1) is 19.1 Å². The topological polar surface area (TPSA) is 108 Å². The minimum absolute atomic E-state index is 0.0673.